The van der Waals surface area contributed by atoms with Gasteiger partial charge in [-0.15, -0.1) is 10.2 Å². The van der Waals surface area contributed by atoms with Crippen molar-refractivity contribution in [2.24, 2.45) is 0 Å². The number of nitrogens with zero attached hydrogens (tertiary/aromatic N) is 2. The van der Waals surface area contributed by atoms with E-state index in [-0.39, 0.29) is 12.1 Å². The van der Waals surface area contributed by atoms with E-state index in [0.29, 0.717) is 16.7 Å². The van der Waals surface area contributed by atoms with Crippen molar-refractivity contribution in [1.82, 2.24) is 15.5 Å². The Labute approximate surface area is 127 Å². The van der Waals surface area contributed by atoms with Gasteiger partial charge in [0, 0.05) is 16.8 Å². The molecule has 6 nitrogen and oxygen atoms in total. The summed E-state index contributed by atoms with van der Waals surface area (Å²) < 4.78 is 0. The number of halogens is 1. The molecule has 0 fully saturated rings. The number of hydrogen-bond acceptors (Lipinski definition) is 4. The zero-order valence-electron chi connectivity index (χ0n) is 11.7. The van der Waals surface area contributed by atoms with Crippen LogP contribution in [-0.4, -0.2) is 22.3 Å². The maximum Gasteiger partial charge on any atom is 0.320 e. The highest BCUT2D eigenvalue weighted by Crippen LogP contribution is 2.17. The minimum Gasteiger partial charge on any atom is -0.339 e. The average Bonchev–Trinajstić information content (AvgIpc) is 2.42. The summed E-state index contributed by atoms with van der Waals surface area (Å²) in [6, 6.07) is 10.4. The summed E-state index contributed by atoms with van der Waals surface area (Å²) in [7, 11) is 0. The molecule has 0 aliphatic carbocycles. The number of carbonyl (C=O) groups excluding carboxylic acids is 1. The topological polar surface area (TPSA) is 78.9 Å². The van der Waals surface area contributed by atoms with Gasteiger partial charge in [0.15, 0.2) is 11.6 Å². The number of amides is 2. The molecular weight excluding hydrogens is 290 g/mol. The summed E-state index contributed by atoms with van der Waals surface area (Å²) in [6.45, 7) is 3.76. The number of hydrogen-bond donors (Lipinski definition) is 3. The van der Waals surface area contributed by atoms with Gasteiger partial charge in [-0.25, -0.2) is 4.79 Å². The molecule has 0 atom stereocenters. The van der Waals surface area contributed by atoms with E-state index in [1.807, 2.05) is 26.0 Å². The van der Waals surface area contributed by atoms with Crippen LogP contribution in [0.3, 0.4) is 0 Å². The summed E-state index contributed by atoms with van der Waals surface area (Å²) in [4.78, 5) is 11.5. The van der Waals surface area contributed by atoms with Gasteiger partial charge in [-0.05, 0) is 50.2 Å². The maximum atomic E-state index is 11.5. The van der Waals surface area contributed by atoms with Crippen LogP contribution >= 0.6 is 11.6 Å². The molecule has 0 saturated carbocycles. The number of anilines is 3. The first-order valence-electron chi connectivity index (χ1n) is 6.47. The quantitative estimate of drug-likeness (QED) is 0.809. The highest BCUT2D eigenvalue weighted by Gasteiger charge is 2.05. The normalized spacial score (nSPS) is 10.3. The molecule has 1 heterocycles. The number of benzene rings is 1. The van der Waals surface area contributed by atoms with Gasteiger partial charge in [0.1, 0.15) is 0 Å². The van der Waals surface area contributed by atoms with Gasteiger partial charge < -0.3 is 10.6 Å². The molecule has 0 aliphatic rings. The van der Waals surface area contributed by atoms with Crippen LogP contribution in [0.5, 0.6) is 0 Å². The Balaban J connectivity index is 1.95. The Morgan fingerprint density at radius 2 is 1.67 bits per heavy atom. The third-order valence-electron chi connectivity index (χ3n) is 2.44. The van der Waals surface area contributed by atoms with Crippen LogP contribution in [-0.2, 0) is 0 Å². The largest absolute Gasteiger partial charge is 0.339 e. The Bertz CT molecular complexity index is 598. The summed E-state index contributed by atoms with van der Waals surface area (Å²) in [5, 5.41) is 17.0. The Morgan fingerprint density at radius 1 is 1.05 bits per heavy atom. The highest BCUT2D eigenvalue weighted by molar-refractivity contribution is 6.30. The Kier molecular flexibility index (Phi) is 4.94. The lowest BCUT2D eigenvalue weighted by Crippen LogP contribution is -2.34. The van der Waals surface area contributed by atoms with E-state index in [9.17, 15) is 4.79 Å². The summed E-state index contributed by atoms with van der Waals surface area (Å²) in [5.41, 5.74) is 0.854. The van der Waals surface area contributed by atoms with E-state index in [1.54, 1.807) is 24.3 Å². The van der Waals surface area contributed by atoms with Crippen molar-refractivity contribution in [3.05, 3.63) is 41.4 Å². The predicted octanol–water partition coefficient (Wildman–Crippen LogP) is 3.40. The second-order valence-corrected chi connectivity index (χ2v) is 5.13. The molecule has 0 radical (unpaired) electrons. The molecule has 0 spiro atoms. The van der Waals surface area contributed by atoms with Gasteiger partial charge in [0.2, 0.25) is 0 Å². The third-order valence-corrected chi connectivity index (χ3v) is 2.69. The number of carbonyl (C=O) groups is 1. The minimum absolute atomic E-state index is 0.0591. The summed E-state index contributed by atoms with van der Waals surface area (Å²) >= 11 is 5.82. The molecule has 0 saturated heterocycles. The van der Waals surface area contributed by atoms with E-state index >= 15 is 0 Å². The molecule has 1 aromatic heterocycles. The lowest BCUT2D eigenvalue weighted by molar-refractivity contribution is 0.250. The molecule has 2 rings (SSSR count). The Hall–Kier alpha value is -2.34. The first-order valence-corrected chi connectivity index (χ1v) is 6.84. The first-order chi connectivity index (χ1) is 10.0. The first kappa shape index (κ1) is 15.1. The van der Waals surface area contributed by atoms with E-state index in [2.05, 4.69) is 26.1 Å². The number of rotatable bonds is 4. The van der Waals surface area contributed by atoms with Crippen LogP contribution < -0.4 is 16.0 Å². The molecule has 3 N–H and O–H groups in total. The molecule has 7 heteroatoms. The van der Waals surface area contributed by atoms with Crippen molar-refractivity contribution in [2.75, 3.05) is 10.6 Å². The van der Waals surface area contributed by atoms with Crippen molar-refractivity contribution in [3.8, 4) is 0 Å². The van der Waals surface area contributed by atoms with Gasteiger partial charge in [-0.1, -0.05) is 11.6 Å². The van der Waals surface area contributed by atoms with Gasteiger partial charge in [-0.2, -0.15) is 0 Å². The third kappa shape index (κ3) is 4.92. The lowest BCUT2D eigenvalue weighted by Gasteiger charge is -2.09. The summed E-state index contributed by atoms with van der Waals surface area (Å²) in [5.74, 6) is 0.960. The Morgan fingerprint density at radius 3 is 2.24 bits per heavy atom. The van der Waals surface area contributed by atoms with Crippen molar-refractivity contribution >= 4 is 35.0 Å². The number of aromatic nitrogens is 2. The van der Waals surface area contributed by atoms with Gasteiger partial charge in [0.25, 0.3) is 0 Å². The lowest BCUT2D eigenvalue weighted by atomic mass is 10.3. The molecule has 1 aromatic carbocycles. The molecule has 0 aliphatic heterocycles. The van der Waals surface area contributed by atoms with Gasteiger partial charge in [0.05, 0.1) is 0 Å². The van der Waals surface area contributed by atoms with Crippen LogP contribution in [0.4, 0.5) is 22.1 Å². The maximum absolute atomic E-state index is 11.5. The minimum atomic E-state index is -0.308. The molecular formula is C14H16ClN5O. The van der Waals surface area contributed by atoms with Crippen LogP contribution in [0.15, 0.2) is 36.4 Å². The fourth-order valence-electron chi connectivity index (χ4n) is 1.56. The van der Waals surface area contributed by atoms with Crippen molar-refractivity contribution in [2.45, 2.75) is 19.9 Å². The van der Waals surface area contributed by atoms with Gasteiger partial charge in [-0.3, -0.25) is 5.32 Å². The molecule has 110 valence electrons. The summed E-state index contributed by atoms with van der Waals surface area (Å²) in [6.07, 6.45) is 0. The van der Waals surface area contributed by atoms with Crippen LogP contribution in [0.2, 0.25) is 5.02 Å². The van der Waals surface area contributed by atoms with Crippen LogP contribution in [0, 0.1) is 0 Å². The number of nitrogens with one attached hydrogen (secondary N) is 3. The van der Waals surface area contributed by atoms with Crippen molar-refractivity contribution in [1.29, 1.82) is 0 Å². The van der Waals surface area contributed by atoms with Crippen LogP contribution in [0.1, 0.15) is 13.8 Å². The van der Waals surface area contributed by atoms with Gasteiger partial charge >= 0.3 is 6.03 Å². The molecule has 2 aromatic rings. The van der Waals surface area contributed by atoms with E-state index < -0.39 is 0 Å². The molecule has 0 unspecified atom stereocenters. The van der Waals surface area contributed by atoms with Crippen molar-refractivity contribution < 1.29 is 4.79 Å². The smallest absolute Gasteiger partial charge is 0.320 e. The second kappa shape index (κ2) is 6.90. The fraction of sp³-hybridized carbons (Fsp3) is 0.214. The van der Waals surface area contributed by atoms with Crippen LogP contribution in [0.25, 0.3) is 0 Å². The molecule has 21 heavy (non-hydrogen) atoms. The fourth-order valence-corrected chi connectivity index (χ4v) is 1.69. The predicted molar refractivity (Wildman–Crippen MR) is 84.1 cm³/mol. The van der Waals surface area contributed by atoms with E-state index in [4.69, 9.17) is 11.6 Å². The monoisotopic (exact) mass is 305 g/mol. The zero-order chi connectivity index (χ0) is 15.2. The molecule has 2 amide bonds. The van der Waals surface area contributed by atoms with E-state index in [0.717, 1.165) is 5.69 Å². The van der Waals surface area contributed by atoms with E-state index in [1.165, 1.54) is 0 Å². The van der Waals surface area contributed by atoms with Crippen molar-refractivity contribution in [3.63, 3.8) is 0 Å². The number of urea groups is 1. The average molecular weight is 306 g/mol. The zero-order valence-corrected chi connectivity index (χ0v) is 12.5. The standard InChI is InChI=1S/C14H16ClN5O/c1-9(2)16-14(21)18-13-8-7-12(19-20-13)17-11-5-3-10(15)4-6-11/h3-9H,1-2H3,(H,17,19)(H2,16,18,20,21). The second-order valence-electron chi connectivity index (χ2n) is 4.69. The molecule has 0 bridgehead atoms. The highest BCUT2D eigenvalue weighted by atomic mass is 35.5. The SMILES string of the molecule is CC(C)NC(=O)Nc1ccc(Nc2ccc(Cl)cc2)nn1.